The van der Waals surface area contributed by atoms with E-state index >= 15 is 0 Å². The van der Waals surface area contributed by atoms with Crippen LogP contribution < -0.4 is 0 Å². The highest BCUT2D eigenvalue weighted by atomic mass is 19.1. The zero-order valence-electron chi connectivity index (χ0n) is 3.61. The Morgan fingerprint density at radius 1 is 1.67 bits per heavy atom. The normalized spacial score (nSPS) is 9.00. The van der Waals surface area contributed by atoms with E-state index in [4.69, 9.17) is 0 Å². The summed E-state index contributed by atoms with van der Waals surface area (Å²) in [5.41, 5.74) is 0. The lowest BCUT2D eigenvalue weighted by Gasteiger charge is -1.91. The lowest BCUT2D eigenvalue weighted by atomic mass is 11.3. The van der Waals surface area contributed by atoms with Gasteiger partial charge in [-0.3, -0.25) is 0 Å². The van der Waals surface area contributed by atoms with E-state index in [-0.39, 0.29) is 6.79 Å². The number of halogens is 1. The maximum atomic E-state index is 10.9. The van der Waals surface area contributed by atoms with Crippen LogP contribution in [0.1, 0.15) is 0 Å². The number of hydrogen-bond acceptors (Lipinski definition) is 2. The zero-order valence-corrected chi connectivity index (χ0v) is 3.61. The van der Waals surface area contributed by atoms with Crippen LogP contribution in [0.15, 0.2) is 0 Å². The molecule has 0 heterocycles. The van der Waals surface area contributed by atoms with E-state index in [1.165, 1.54) is 7.11 Å². The first-order chi connectivity index (χ1) is 2.91. The van der Waals surface area contributed by atoms with Gasteiger partial charge >= 0.3 is 0 Å². The van der Waals surface area contributed by atoms with Gasteiger partial charge in [0.25, 0.3) is 0 Å². The molecule has 0 fully saturated rings. The molecule has 0 aromatic heterocycles. The third-order valence-corrected chi connectivity index (χ3v) is 0.278. The fourth-order valence-corrected chi connectivity index (χ4v) is 0.115. The minimum absolute atomic E-state index is 0.0382. The standard InChI is InChI=1S/C3H7FO2/c1-5-3-6-2-4/h2-3H2,1H3. The maximum Gasteiger partial charge on any atom is 0.191 e. The van der Waals surface area contributed by atoms with E-state index in [0.717, 1.165) is 0 Å². The first kappa shape index (κ1) is 5.85. The molecular weight excluding hydrogens is 87.0 g/mol. The second-order valence-electron chi connectivity index (χ2n) is 0.720. The lowest BCUT2D eigenvalue weighted by molar-refractivity contribution is -0.0640. The van der Waals surface area contributed by atoms with E-state index in [9.17, 15) is 4.39 Å². The fourth-order valence-electron chi connectivity index (χ4n) is 0.115. The Labute approximate surface area is 35.9 Å². The summed E-state index contributed by atoms with van der Waals surface area (Å²) in [4.78, 5) is 0. The van der Waals surface area contributed by atoms with Gasteiger partial charge in [0, 0.05) is 7.11 Å². The van der Waals surface area contributed by atoms with Crippen molar-refractivity contribution in [2.24, 2.45) is 0 Å². The number of alkyl halides is 1. The van der Waals surface area contributed by atoms with Crippen LogP contribution in [0, 0.1) is 0 Å². The van der Waals surface area contributed by atoms with Gasteiger partial charge in [0.1, 0.15) is 6.79 Å². The molecule has 3 heteroatoms. The van der Waals surface area contributed by atoms with Crippen LogP contribution in [0.2, 0.25) is 0 Å². The minimum Gasteiger partial charge on any atom is -0.359 e. The minimum atomic E-state index is -0.770. The summed E-state index contributed by atoms with van der Waals surface area (Å²) in [7, 11) is 1.44. The molecule has 6 heavy (non-hydrogen) atoms. The van der Waals surface area contributed by atoms with E-state index in [1.807, 2.05) is 0 Å². The molecule has 0 rings (SSSR count). The number of hydrogen-bond donors (Lipinski definition) is 0. The zero-order chi connectivity index (χ0) is 4.83. The van der Waals surface area contributed by atoms with Gasteiger partial charge in [0.2, 0.25) is 0 Å². The Morgan fingerprint density at radius 2 is 2.33 bits per heavy atom. The molecular formula is C3H7FO2. The van der Waals surface area contributed by atoms with Gasteiger partial charge in [0.15, 0.2) is 6.86 Å². The van der Waals surface area contributed by atoms with Crippen molar-refractivity contribution in [1.82, 2.24) is 0 Å². The van der Waals surface area contributed by atoms with Gasteiger partial charge in [-0.1, -0.05) is 0 Å². The van der Waals surface area contributed by atoms with E-state index < -0.39 is 6.86 Å². The van der Waals surface area contributed by atoms with Crippen LogP contribution in [0.3, 0.4) is 0 Å². The van der Waals surface area contributed by atoms with Gasteiger partial charge in [-0.15, -0.1) is 0 Å². The molecule has 0 atom stereocenters. The summed E-state index contributed by atoms with van der Waals surface area (Å²) in [6.07, 6.45) is 0. The van der Waals surface area contributed by atoms with Gasteiger partial charge in [0.05, 0.1) is 0 Å². The van der Waals surface area contributed by atoms with Crippen LogP contribution in [0.5, 0.6) is 0 Å². The molecule has 0 radical (unpaired) electrons. The second-order valence-corrected chi connectivity index (χ2v) is 0.720. The molecule has 0 saturated heterocycles. The topological polar surface area (TPSA) is 18.5 Å². The Hall–Kier alpha value is -0.150. The number of rotatable bonds is 3. The van der Waals surface area contributed by atoms with Crippen molar-refractivity contribution in [1.29, 1.82) is 0 Å². The molecule has 0 amide bonds. The Bertz CT molecular complexity index is 20.8. The Balaban J connectivity index is 2.34. The van der Waals surface area contributed by atoms with Crippen molar-refractivity contribution in [2.75, 3.05) is 20.8 Å². The summed E-state index contributed by atoms with van der Waals surface area (Å²) in [5, 5.41) is 0. The van der Waals surface area contributed by atoms with Crippen LogP contribution in [-0.4, -0.2) is 20.8 Å². The summed E-state index contributed by atoms with van der Waals surface area (Å²) in [6, 6.07) is 0. The average molecular weight is 94.1 g/mol. The molecule has 0 aromatic carbocycles. The lowest BCUT2D eigenvalue weighted by Crippen LogP contribution is -1.92. The number of methoxy groups -OCH3 is 1. The van der Waals surface area contributed by atoms with Crippen molar-refractivity contribution >= 4 is 0 Å². The van der Waals surface area contributed by atoms with Crippen LogP contribution in [-0.2, 0) is 9.47 Å². The van der Waals surface area contributed by atoms with Crippen molar-refractivity contribution in [3.8, 4) is 0 Å². The monoisotopic (exact) mass is 94.0 g/mol. The quantitative estimate of drug-likeness (QED) is 0.375. The highest BCUT2D eigenvalue weighted by Crippen LogP contribution is 1.71. The summed E-state index contributed by atoms with van der Waals surface area (Å²) >= 11 is 0. The van der Waals surface area contributed by atoms with E-state index in [0.29, 0.717) is 0 Å². The molecule has 0 aromatic rings. The average Bonchev–Trinajstić information content (AvgIpc) is 1.61. The van der Waals surface area contributed by atoms with Crippen LogP contribution in [0.25, 0.3) is 0 Å². The van der Waals surface area contributed by atoms with Crippen molar-refractivity contribution < 1.29 is 13.9 Å². The van der Waals surface area contributed by atoms with E-state index in [1.54, 1.807) is 0 Å². The maximum absolute atomic E-state index is 10.9. The second kappa shape index (κ2) is 4.85. The largest absolute Gasteiger partial charge is 0.359 e. The molecule has 0 N–H and O–H groups in total. The molecule has 0 aliphatic rings. The van der Waals surface area contributed by atoms with Gasteiger partial charge in [-0.25, -0.2) is 4.39 Å². The molecule has 0 aliphatic heterocycles. The highest BCUT2D eigenvalue weighted by molar-refractivity contribution is 3.91. The van der Waals surface area contributed by atoms with Crippen LogP contribution in [0.4, 0.5) is 4.39 Å². The van der Waals surface area contributed by atoms with Gasteiger partial charge in [-0.2, -0.15) is 0 Å². The predicted molar refractivity (Wildman–Crippen MR) is 18.9 cm³/mol. The molecule has 0 unspecified atom stereocenters. The summed E-state index contributed by atoms with van der Waals surface area (Å²) in [5.74, 6) is 0. The molecule has 0 aliphatic carbocycles. The molecule has 0 saturated carbocycles. The number of ether oxygens (including phenoxy) is 2. The molecule has 0 bridgehead atoms. The predicted octanol–water partition coefficient (Wildman–Crippen LogP) is 0.534. The van der Waals surface area contributed by atoms with Crippen molar-refractivity contribution in [3.63, 3.8) is 0 Å². The van der Waals surface area contributed by atoms with Gasteiger partial charge < -0.3 is 9.47 Å². The third kappa shape index (κ3) is 3.85. The third-order valence-electron chi connectivity index (χ3n) is 0.278. The smallest absolute Gasteiger partial charge is 0.191 e. The SMILES string of the molecule is COCOCF. The van der Waals surface area contributed by atoms with Crippen molar-refractivity contribution in [2.45, 2.75) is 0 Å². The van der Waals surface area contributed by atoms with Gasteiger partial charge in [-0.05, 0) is 0 Å². The Morgan fingerprint density at radius 3 is 2.50 bits per heavy atom. The fraction of sp³-hybridized carbons (Fsp3) is 1.00. The molecule has 38 valence electrons. The summed E-state index contributed by atoms with van der Waals surface area (Å²) < 4.78 is 19.3. The first-order valence-corrected chi connectivity index (χ1v) is 1.54. The van der Waals surface area contributed by atoms with Crippen LogP contribution >= 0.6 is 0 Å². The summed E-state index contributed by atoms with van der Waals surface area (Å²) in [6.45, 7) is -0.732. The Kier molecular flexibility index (Phi) is 4.73. The molecule has 0 spiro atoms. The molecule has 2 nitrogen and oxygen atoms in total. The van der Waals surface area contributed by atoms with E-state index in [2.05, 4.69) is 9.47 Å². The highest BCUT2D eigenvalue weighted by Gasteiger charge is 1.74. The first-order valence-electron chi connectivity index (χ1n) is 1.54. The van der Waals surface area contributed by atoms with Crippen molar-refractivity contribution in [3.05, 3.63) is 0 Å².